The van der Waals surface area contributed by atoms with Gasteiger partial charge in [0, 0.05) is 15.0 Å². The minimum absolute atomic E-state index is 0.176. The minimum Gasteiger partial charge on any atom is -0.289 e. The van der Waals surface area contributed by atoms with Crippen molar-refractivity contribution in [1.82, 2.24) is 0 Å². The zero-order chi connectivity index (χ0) is 13.5. The molecule has 0 atom stereocenters. The first-order valence-electron chi connectivity index (χ1n) is 7.33. The predicted octanol–water partition coefficient (Wildman–Crippen LogP) is 5.16. The highest BCUT2D eigenvalue weighted by Crippen LogP contribution is 2.20. The summed E-state index contributed by atoms with van der Waals surface area (Å²) >= 11 is 1.77. The molecule has 0 aliphatic heterocycles. The van der Waals surface area contributed by atoms with Crippen LogP contribution in [-0.2, 0) is 6.42 Å². The second-order valence-electron chi connectivity index (χ2n) is 5.09. The van der Waals surface area contributed by atoms with Crippen LogP contribution in [-0.4, -0.2) is 0 Å². The van der Waals surface area contributed by atoms with Crippen molar-refractivity contribution in [3.63, 3.8) is 0 Å². The van der Waals surface area contributed by atoms with E-state index in [9.17, 15) is 4.79 Å². The normalized spacial score (nSPS) is 11.0. The van der Waals surface area contributed by atoms with Gasteiger partial charge in [0.15, 0.2) is 5.43 Å². The Morgan fingerprint density at radius 3 is 2.58 bits per heavy atom. The summed E-state index contributed by atoms with van der Waals surface area (Å²) in [6.45, 7) is 2.24. The molecule has 0 spiro atoms. The molecular weight excluding hydrogens is 252 g/mol. The number of aryl methyl sites for hydroxylation is 1. The average Bonchev–Trinajstić information content (AvgIpc) is 2.43. The molecule has 102 valence electrons. The van der Waals surface area contributed by atoms with Gasteiger partial charge in [0.2, 0.25) is 0 Å². The van der Waals surface area contributed by atoms with Crippen molar-refractivity contribution in [2.75, 3.05) is 0 Å². The smallest absolute Gasteiger partial charge is 0.188 e. The molecule has 0 bridgehead atoms. The van der Waals surface area contributed by atoms with E-state index >= 15 is 0 Å². The van der Waals surface area contributed by atoms with E-state index in [1.54, 1.807) is 11.3 Å². The summed E-state index contributed by atoms with van der Waals surface area (Å²) in [7, 11) is 0. The van der Waals surface area contributed by atoms with Crippen LogP contribution in [0.5, 0.6) is 0 Å². The van der Waals surface area contributed by atoms with Gasteiger partial charge >= 0.3 is 0 Å². The number of rotatable bonds is 7. The topological polar surface area (TPSA) is 17.1 Å². The molecule has 2 aromatic rings. The molecule has 0 amide bonds. The second-order valence-corrected chi connectivity index (χ2v) is 6.26. The molecule has 1 aromatic carbocycles. The SMILES string of the molecule is CCCCCCCCc1cc(=O)c2ccccc2s1. The molecule has 0 saturated heterocycles. The van der Waals surface area contributed by atoms with Crippen molar-refractivity contribution >= 4 is 21.4 Å². The summed E-state index contributed by atoms with van der Waals surface area (Å²) in [4.78, 5) is 13.2. The number of hydrogen-bond donors (Lipinski definition) is 0. The minimum atomic E-state index is 0.176. The van der Waals surface area contributed by atoms with Crippen LogP contribution in [0.15, 0.2) is 35.1 Å². The highest BCUT2D eigenvalue weighted by Gasteiger charge is 2.02. The van der Waals surface area contributed by atoms with Crippen LogP contribution >= 0.6 is 11.3 Å². The van der Waals surface area contributed by atoms with Crippen LogP contribution in [0.4, 0.5) is 0 Å². The molecule has 0 fully saturated rings. The van der Waals surface area contributed by atoms with E-state index in [0.29, 0.717) is 0 Å². The van der Waals surface area contributed by atoms with Crippen LogP contribution < -0.4 is 5.43 Å². The average molecular weight is 274 g/mol. The molecule has 2 rings (SSSR count). The maximum Gasteiger partial charge on any atom is 0.188 e. The summed E-state index contributed by atoms with van der Waals surface area (Å²) in [5.41, 5.74) is 0.176. The Labute approximate surface area is 119 Å². The van der Waals surface area contributed by atoms with Crippen molar-refractivity contribution in [3.05, 3.63) is 45.4 Å². The van der Waals surface area contributed by atoms with Crippen molar-refractivity contribution in [2.24, 2.45) is 0 Å². The van der Waals surface area contributed by atoms with E-state index in [1.165, 1.54) is 43.4 Å². The van der Waals surface area contributed by atoms with Crippen molar-refractivity contribution in [1.29, 1.82) is 0 Å². The molecule has 1 aromatic heterocycles. The van der Waals surface area contributed by atoms with Gasteiger partial charge in [-0.15, -0.1) is 11.3 Å². The van der Waals surface area contributed by atoms with Crippen LogP contribution in [0.2, 0.25) is 0 Å². The number of benzene rings is 1. The fourth-order valence-corrected chi connectivity index (χ4v) is 3.48. The van der Waals surface area contributed by atoms with Gasteiger partial charge in [-0.2, -0.15) is 0 Å². The molecule has 0 saturated carbocycles. The Morgan fingerprint density at radius 2 is 1.74 bits per heavy atom. The molecule has 1 nitrogen and oxygen atoms in total. The van der Waals surface area contributed by atoms with Crippen molar-refractivity contribution < 1.29 is 0 Å². The molecule has 2 heteroatoms. The Balaban J connectivity index is 1.92. The summed E-state index contributed by atoms with van der Waals surface area (Å²) in [6, 6.07) is 9.74. The largest absolute Gasteiger partial charge is 0.289 e. The monoisotopic (exact) mass is 274 g/mol. The van der Waals surface area contributed by atoms with Gasteiger partial charge in [-0.25, -0.2) is 0 Å². The first-order chi connectivity index (χ1) is 9.31. The molecular formula is C17H22OS. The van der Waals surface area contributed by atoms with E-state index in [0.717, 1.165) is 16.5 Å². The highest BCUT2D eigenvalue weighted by atomic mass is 32.1. The predicted molar refractivity (Wildman–Crippen MR) is 85.2 cm³/mol. The van der Waals surface area contributed by atoms with Gasteiger partial charge in [-0.3, -0.25) is 4.79 Å². The van der Waals surface area contributed by atoms with Gasteiger partial charge in [-0.05, 0) is 31.0 Å². The van der Waals surface area contributed by atoms with E-state index < -0.39 is 0 Å². The molecule has 0 N–H and O–H groups in total. The summed E-state index contributed by atoms with van der Waals surface area (Å²) in [5, 5.41) is 0.860. The Morgan fingerprint density at radius 1 is 1.00 bits per heavy atom. The summed E-state index contributed by atoms with van der Waals surface area (Å²) in [6.07, 6.45) is 8.87. The van der Waals surface area contributed by atoms with Crippen LogP contribution in [0.1, 0.15) is 50.3 Å². The van der Waals surface area contributed by atoms with Gasteiger partial charge in [0.05, 0.1) is 0 Å². The van der Waals surface area contributed by atoms with Crippen molar-refractivity contribution in [2.45, 2.75) is 51.9 Å². The Hall–Kier alpha value is -1.15. The molecule has 1 heterocycles. The zero-order valence-corrected chi connectivity index (χ0v) is 12.5. The second kappa shape index (κ2) is 7.44. The zero-order valence-electron chi connectivity index (χ0n) is 11.7. The maximum absolute atomic E-state index is 12.0. The molecule has 0 aliphatic carbocycles. The first-order valence-corrected chi connectivity index (χ1v) is 8.14. The fourth-order valence-electron chi connectivity index (χ4n) is 2.36. The molecule has 0 radical (unpaired) electrons. The standard InChI is InChI=1S/C17H22OS/c1-2-3-4-5-6-7-10-14-13-16(18)15-11-8-9-12-17(15)19-14/h8-9,11-13H,2-7,10H2,1H3. The third kappa shape index (κ3) is 4.17. The van der Waals surface area contributed by atoms with Crippen LogP contribution in [0, 0.1) is 0 Å². The molecule has 0 unspecified atom stereocenters. The quantitative estimate of drug-likeness (QED) is 0.637. The van der Waals surface area contributed by atoms with E-state index in [1.807, 2.05) is 30.3 Å². The molecule has 0 aliphatic rings. The molecule has 19 heavy (non-hydrogen) atoms. The summed E-state index contributed by atoms with van der Waals surface area (Å²) in [5.74, 6) is 0. The third-order valence-electron chi connectivity index (χ3n) is 3.46. The number of fused-ring (bicyclic) bond motifs is 1. The lowest BCUT2D eigenvalue weighted by atomic mass is 10.1. The van der Waals surface area contributed by atoms with Gasteiger partial charge in [0.1, 0.15) is 0 Å². The lowest BCUT2D eigenvalue weighted by molar-refractivity contribution is 0.609. The first kappa shape index (κ1) is 14.3. The third-order valence-corrected chi connectivity index (χ3v) is 4.62. The highest BCUT2D eigenvalue weighted by molar-refractivity contribution is 7.18. The van der Waals surface area contributed by atoms with E-state index in [4.69, 9.17) is 0 Å². The Bertz CT molecular complexity index is 571. The maximum atomic E-state index is 12.0. The van der Waals surface area contributed by atoms with E-state index in [-0.39, 0.29) is 5.43 Å². The lowest BCUT2D eigenvalue weighted by Crippen LogP contribution is -2.00. The number of unbranched alkanes of at least 4 members (excludes halogenated alkanes) is 5. The Kier molecular flexibility index (Phi) is 5.59. The summed E-state index contributed by atoms with van der Waals surface area (Å²) < 4.78 is 1.12. The lowest BCUT2D eigenvalue weighted by Gasteiger charge is -2.03. The van der Waals surface area contributed by atoms with Crippen LogP contribution in [0.3, 0.4) is 0 Å². The number of hydrogen-bond acceptors (Lipinski definition) is 2. The van der Waals surface area contributed by atoms with Crippen molar-refractivity contribution in [3.8, 4) is 0 Å². The van der Waals surface area contributed by atoms with Gasteiger partial charge in [0.25, 0.3) is 0 Å². The fraction of sp³-hybridized carbons (Fsp3) is 0.471. The van der Waals surface area contributed by atoms with E-state index in [2.05, 4.69) is 6.92 Å². The van der Waals surface area contributed by atoms with Gasteiger partial charge < -0.3 is 0 Å². The van der Waals surface area contributed by atoms with Gasteiger partial charge in [-0.1, -0.05) is 51.2 Å². The van der Waals surface area contributed by atoms with Crippen LogP contribution in [0.25, 0.3) is 10.1 Å².